The van der Waals surface area contributed by atoms with Crippen molar-refractivity contribution in [1.29, 1.82) is 0 Å². The molecule has 0 aliphatic carbocycles. The highest BCUT2D eigenvalue weighted by Crippen LogP contribution is 2.30. The van der Waals surface area contributed by atoms with E-state index in [1.165, 1.54) is 6.42 Å². The Bertz CT molecular complexity index is 352. The van der Waals surface area contributed by atoms with Crippen LogP contribution < -0.4 is 14.8 Å². The van der Waals surface area contributed by atoms with Crippen LogP contribution in [0.5, 0.6) is 11.5 Å². The van der Waals surface area contributed by atoms with Crippen LogP contribution in [-0.2, 0) is 0 Å². The summed E-state index contributed by atoms with van der Waals surface area (Å²) in [4.78, 5) is 0. The van der Waals surface area contributed by atoms with Crippen molar-refractivity contribution < 1.29 is 9.47 Å². The van der Waals surface area contributed by atoms with Gasteiger partial charge in [-0.05, 0) is 31.0 Å². The van der Waals surface area contributed by atoms with E-state index in [2.05, 4.69) is 19.2 Å². The molecule has 1 aromatic carbocycles. The summed E-state index contributed by atoms with van der Waals surface area (Å²) >= 11 is 0. The lowest BCUT2D eigenvalue weighted by Crippen LogP contribution is -2.38. The third-order valence-corrected chi connectivity index (χ3v) is 2.84. The molecule has 0 saturated heterocycles. The molecule has 0 radical (unpaired) electrons. The number of hydrogen-bond donors (Lipinski definition) is 1. The molecule has 0 spiro atoms. The predicted octanol–water partition coefficient (Wildman–Crippen LogP) is 2.46. The van der Waals surface area contributed by atoms with Crippen molar-refractivity contribution in [3.8, 4) is 11.5 Å². The van der Waals surface area contributed by atoms with Crippen LogP contribution in [0.15, 0.2) is 24.3 Å². The zero-order valence-electron chi connectivity index (χ0n) is 10.6. The minimum Gasteiger partial charge on any atom is -0.486 e. The number of hydrogen-bond acceptors (Lipinski definition) is 3. The van der Waals surface area contributed by atoms with E-state index in [9.17, 15) is 0 Å². The van der Waals surface area contributed by atoms with Crippen molar-refractivity contribution in [1.82, 2.24) is 5.32 Å². The van der Waals surface area contributed by atoms with Crippen molar-refractivity contribution >= 4 is 0 Å². The number of ether oxygens (including phenoxy) is 2. The maximum Gasteiger partial charge on any atom is 0.161 e. The molecule has 1 aliphatic heterocycles. The first-order valence-electron chi connectivity index (χ1n) is 6.35. The fourth-order valence-electron chi connectivity index (χ4n) is 1.82. The van der Waals surface area contributed by atoms with Crippen molar-refractivity contribution in [2.75, 3.05) is 19.7 Å². The monoisotopic (exact) mass is 235 g/mol. The Hall–Kier alpha value is -1.22. The van der Waals surface area contributed by atoms with Crippen LogP contribution in [0.4, 0.5) is 0 Å². The molecule has 1 N–H and O–H groups in total. The van der Waals surface area contributed by atoms with E-state index in [0.29, 0.717) is 6.61 Å². The topological polar surface area (TPSA) is 30.5 Å². The normalized spacial score (nSPS) is 18.4. The second kappa shape index (κ2) is 5.92. The molecule has 1 aromatic rings. The van der Waals surface area contributed by atoms with E-state index in [1.807, 2.05) is 24.3 Å². The Balaban J connectivity index is 1.75. The van der Waals surface area contributed by atoms with Gasteiger partial charge in [-0.2, -0.15) is 0 Å². The molecule has 3 heteroatoms. The minimum atomic E-state index is 0.122. The lowest BCUT2D eigenvalue weighted by molar-refractivity contribution is 0.0903. The number of para-hydroxylation sites is 2. The molecule has 0 aromatic heterocycles. The summed E-state index contributed by atoms with van der Waals surface area (Å²) in [7, 11) is 0. The van der Waals surface area contributed by atoms with E-state index in [1.54, 1.807) is 0 Å². The van der Waals surface area contributed by atoms with Crippen LogP contribution in [0.25, 0.3) is 0 Å². The van der Waals surface area contributed by atoms with Crippen molar-refractivity contribution in [3.63, 3.8) is 0 Å². The fraction of sp³-hybridized carbons (Fsp3) is 0.571. The summed E-state index contributed by atoms with van der Waals surface area (Å²) in [6, 6.07) is 7.83. The lowest BCUT2D eigenvalue weighted by atomic mass is 10.1. The molecule has 1 aliphatic rings. The molecule has 0 saturated carbocycles. The molecule has 2 rings (SSSR count). The number of fused-ring (bicyclic) bond motifs is 1. The highest BCUT2D eigenvalue weighted by atomic mass is 16.6. The maximum atomic E-state index is 5.85. The second-order valence-corrected chi connectivity index (χ2v) is 4.88. The Labute approximate surface area is 103 Å². The maximum absolute atomic E-state index is 5.85. The van der Waals surface area contributed by atoms with E-state index >= 15 is 0 Å². The Morgan fingerprint density at radius 3 is 2.82 bits per heavy atom. The van der Waals surface area contributed by atoms with Gasteiger partial charge in [0.2, 0.25) is 0 Å². The van der Waals surface area contributed by atoms with Gasteiger partial charge in [-0.3, -0.25) is 0 Å². The quantitative estimate of drug-likeness (QED) is 0.795. The summed E-state index contributed by atoms with van der Waals surface area (Å²) in [5.74, 6) is 2.45. The van der Waals surface area contributed by atoms with Gasteiger partial charge in [-0.1, -0.05) is 26.0 Å². The molecule has 3 nitrogen and oxygen atoms in total. The van der Waals surface area contributed by atoms with Gasteiger partial charge in [0, 0.05) is 6.54 Å². The van der Waals surface area contributed by atoms with Gasteiger partial charge in [0.05, 0.1) is 0 Å². The van der Waals surface area contributed by atoms with E-state index in [-0.39, 0.29) is 6.10 Å². The minimum absolute atomic E-state index is 0.122. The van der Waals surface area contributed by atoms with Crippen molar-refractivity contribution in [3.05, 3.63) is 24.3 Å². The molecule has 0 fully saturated rings. The molecular formula is C14H21NO2. The molecular weight excluding hydrogens is 214 g/mol. The largest absolute Gasteiger partial charge is 0.486 e. The van der Waals surface area contributed by atoms with Gasteiger partial charge in [0.1, 0.15) is 12.7 Å². The number of nitrogens with one attached hydrogen (secondary N) is 1. The Morgan fingerprint density at radius 2 is 2.06 bits per heavy atom. The van der Waals surface area contributed by atoms with Gasteiger partial charge in [0.15, 0.2) is 11.5 Å². The second-order valence-electron chi connectivity index (χ2n) is 4.88. The van der Waals surface area contributed by atoms with Crippen LogP contribution in [0, 0.1) is 5.92 Å². The SMILES string of the molecule is CC(C)CCNCC1COc2ccccc2O1. The van der Waals surface area contributed by atoms with Gasteiger partial charge in [0.25, 0.3) is 0 Å². The zero-order chi connectivity index (χ0) is 12.1. The van der Waals surface area contributed by atoms with Crippen molar-refractivity contribution in [2.45, 2.75) is 26.4 Å². The first-order chi connectivity index (χ1) is 8.25. The standard InChI is InChI=1S/C14H21NO2/c1-11(2)7-8-15-9-12-10-16-13-5-3-4-6-14(13)17-12/h3-6,11-12,15H,7-10H2,1-2H3. The summed E-state index contributed by atoms with van der Waals surface area (Å²) in [5.41, 5.74) is 0. The first kappa shape index (κ1) is 12.2. The van der Waals surface area contributed by atoms with E-state index < -0.39 is 0 Å². The average Bonchev–Trinajstić information content (AvgIpc) is 2.34. The van der Waals surface area contributed by atoms with Crippen LogP contribution >= 0.6 is 0 Å². The van der Waals surface area contributed by atoms with E-state index in [4.69, 9.17) is 9.47 Å². The van der Waals surface area contributed by atoms with Gasteiger partial charge >= 0.3 is 0 Å². The molecule has 1 atom stereocenters. The van der Waals surface area contributed by atoms with Crippen LogP contribution in [0.3, 0.4) is 0 Å². The highest BCUT2D eigenvalue weighted by Gasteiger charge is 2.19. The Morgan fingerprint density at radius 1 is 1.29 bits per heavy atom. The van der Waals surface area contributed by atoms with Crippen LogP contribution in [0.1, 0.15) is 20.3 Å². The van der Waals surface area contributed by atoms with Crippen LogP contribution in [0.2, 0.25) is 0 Å². The average molecular weight is 235 g/mol. The van der Waals surface area contributed by atoms with Gasteiger partial charge in [-0.25, -0.2) is 0 Å². The van der Waals surface area contributed by atoms with Gasteiger partial charge in [-0.15, -0.1) is 0 Å². The van der Waals surface area contributed by atoms with Crippen LogP contribution in [-0.4, -0.2) is 25.8 Å². The molecule has 0 amide bonds. The Kier molecular flexibility index (Phi) is 4.26. The van der Waals surface area contributed by atoms with E-state index in [0.717, 1.165) is 30.5 Å². The summed E-state index contributed by atoms with van der Waals surface area (Å²) in [6.07, 6.45) is 1.32. The third kappa shape index (κ3) is 3.63. The molecule has 17 heavy (non-hydrogen) atoms. The summed E-state index contributed by atoms with van der Waals surface area (Å²) in [6.45, 7) is 6.99. The predicted molar refractivity (Wildman–Crippen MR) is 68.7 cm³/mol. The number of benzene rings is 1. The smallest absolute Gasteiger partial charge is 0.161 e. The lowest BCUT2D eigenvalue weighted by Gasteiger charge is -2.26. The fourth-order valence-corrected chi connectivity index (χ4v) is 1.82. The number of rotatable bonds is 5. The third-order valence-electron chi connectivity index (χ3n) is 2.84. The summed E-state index contributed by atoms with van der Waals surface area (Å²) in [5, 5.41) is 3.41. The van der Waals surface area contributed by atoms with Crippen molar-refractivity contribution in [2.24, 2.45) is 5.92 Å². The molecule has 1 heterocycles. The van der Waals surface area contributed by atoms with Gasteiger partial charge < -0.3 is 14.8 Å². The summed E-state index contributed by atoms with van der Waals surface area (Å²) < 4.78 is 11.5. The highest BCUT2D eigenvalue weighted by molar-refractivity contribution is 5.40. The molecule has 94 valence electrons. The first-order valence-corrected chi connectivity index (χ1v) is 6.35. The zero-order valence-corrected chi connectivity index (χ0v) is 10.6. The molecule has 1 unspecified atom stereocenters. The molecule has 0 bridgehead atoms.